The number of amides is 1. The quantitative estimate of drug-likeness (QED) is 0.239. The van der Waals surface area contributed by atoms with Crippen molar-refractivity contribution in [3.63, 3.8) is 0 Å². The summed E-state index contributed by atoms with van der Waals surface area (Å²) in [5.74, 6) is 1.12. The molecule has 1 heterocycles. The molecule has 0 fully saturated rings. The van der Waals surface area contributed by atoms with Gasteiger partial charge in [-0.15, -0.1) is 24.2 Å². The van der Waals surface area contributed by atoms with Gasteiger partial charge in [-0.2, -0.15) is 0 Å². The second kappa shape index (κ2) is 12.6. The molecule has 174 valence electrons. The van der Waals surface area contributed by atoms with Gasteiger partial charge in [-0.1, -0.05) is 35.1 Å². The van der Waals surface area contributed by atoms with E-state index in [4.69, 9.17) is 4.98 Å². The number of carbonyl (C=O) groups excluding carboxylic acids is 1. The van der Waals surface area contributed by atoms with Crippen molar-refractivity contribution >= 4 is 56.8 Å². The van der Waals surface area contributed by atoms with Gasteiger partial charge in [0.05, 0.1) is 10.2 Å². The minimum atomic E-state index is 0. The van der Waals surface area contributed by atoms with Gasteiger partial charge in [0.1, 0.15) is 0 Å². The van der Waals surface area contributed by atoms with Crippen LogP contribution in [0.25, 0.3) is 10.2 Å². The van der Waals surface area contributed by atoms with Crippen LogP contribution in [0.2, 0.25) is 0 Å². The summed E-state index contributed by atoms with van der Waals surface area (Å²) < 4.78 is 1.15. The third kappa shape index (κ3) is 7.20. The molecule has 0 unspecified atom stereocenters. The molecule has 7 heteroatoms. The molecule has 0 radical (unpaired) electrons. The van der Waals surface area contributed by atoms with Crippen LogP contribution >= 0.6 is 35.5 Å². The molecule has 32 heavy (non-hydrogen) atoms. The number of thiazole rings is 1. The van der Waals surface area contributed by atoms with E-state index >= 15 is 0 Å². The highest BCUT2D eigenvalue weighted by molar-refractivity contribution is 7.99. The first-order valence-electron chi connectivity index (χ1n) is 10.9. The van der Waals surface area contributed by atoms with E-state index in [1.54, 1.807) is 11.3 Å². The van der Waals surface area contributed by atoms with E-state index in [-0.39, 0.29) is 18.3 Å². The van der Waals surface area contributed by atoms with Crippen molar-refractivity contribution < 1.29 is 4.79 Å². The van der Waals surface area contributed by atoms with E-state index in [9.17, 15) is 4.79 Å². The lowest BCUT2D eigenvalue weighted by atomic mass is 10.1. The number of thioether (sulfide) groups is 1. The topological polar surface area (TPSA) is 36.4 Å². The van der Waals surface area contributed by atoms with E-state index in [2.05, 4.69) is 76.2 Å². The SMILES string of the molecule is Cc1ccc(SCCCC(=O)N(CCCN(C)C)c2nc3c(C)c(C)ccc3s2)cc1.Cl. The van der Waals surface area contributed by atoms with Crippen molar-refractivity contribution in [1.29, 1.82) is 0 Å². The fourth-order valence-corrected chi connectivity index (χ4v) is 5.31. The van der Waals surface area contributed by atoms with Gasteiger partial charge in [-0.3, -0.25) is 9.69 Å². The number of nitrogens with zero attached hydrogens (tertiary/aromatic N) is 3. The minimum Gasteiger partial charge on any atom is -0.309 e. The van der Waals surface area contributed by atoms with Crippen LogP contribution in [0.15, 0.2) is 41.3 Å². The summed E-state index contributed by atoms with van der Waals surface area (Å²) in [6, 6.07) is 12.8. The maximum atomic E-state index is 13.2. The normalized spacial score (nSPS) is 11.1. The largest absolute Gasteiger partial charge is 0.309 e. The Kier molecular flexibility index (Phi) is 10.5. The lowest BCUT2D eigenvalue weighted by molar-refractivity contribution is -0.118. The van der Waals surface area contributed by atoms with E-state index in [1.807, 2.05) is 16.7 Å². The van der Waals surface area contributed by atoms with Crippen molar-refractivity contribution in [2.75, 3.05) is 37.8 Å². The van der Waals surface area contributed by atoms with Crippen molar-refractivity contribution in [3.8, 4) is 0 Å². The molecule has 0 spiro atoms. The monoisotopic (exact) mass is 491 g/mol. The number of hydrogen-bond donors (Lipinski definition) is 0. The van der Waals surface area contributed by atoms with Gasteiger partial charge in [0.2, 0.25) is 5.91 Å². The van der Waals surface area contributed by atoms with E-state index in [0.717, 1.165) is 40.5 Å². The molecule has 0 saturated heterocycles. The number of rotatable bonds is 10. The van der Waals surface area contributed by atoms with Crippen LogP contribution in [0.4, 0.5) is 5.13 Å². The molecule has 3 rings (SSSR count). The molecule has 0 aliphatic rings. The maximum Gasteiger partial charge on any atom is 0.228 e. The Bertz CT molecular complexity index is 1020. The summed E-state index contributed by atoms with van der Waals surface area (Å²) in [6.45, 7) is 7.99. The van der Waals surface area contributed by atoms with Crippen LogP contribution in [0.5, 0.6) is 0 Å². The molecule has 1 aromatic heterocycles. The highest BCUT2D eigenvalue weighted by Gasteiger charge is 2.20. The molecule has 0 saturated carbocycles. The Hall–Kier alpha value is -1.60. The number of aryl methyl sites for hydroxylation is 3. The first-order valence-corrected chi connectivity index (χ1v) is 12.7. The molecular weight excluding hydrogens is 458 g/mol. The number of fused-ring (bicyclic) bond motifs is 1. The molecule has 2 aromatic carbocycles. The fourth-order valence-electron chi connectivity index (χ4n) is 3.38. The maximum absolute atomic E-state index is 13.2. The van der Waals surface area contributed by atoms with Gasteiger partial charge in [-0.25, -0.2) is 4.98 Å². The van der Waals surface area contributed by atoms with Crippen LogP contribution in [0.3, 0.4) is 0 Å². The van der Waals surface area contributed by atoms with Crippen LogP contribution in [0.1, 0.15) is 36.0 Å². The summed E-state index contributed by atoms with van der Waals surface area (Å²) in [6.07, 6.45) is 2.35. The molecule has 1 amide bonds. The summed E-state index contributed by atoms with van der Waals surface area (Å²) >= 11 is 3.45. The molecule has 0 aliphatic heterocycles. The molecular formula is C25H34ClN3OS2. The molecule has 0 bridgehead atoms. The van der Waals surface area contributed by atoms with Crippen LogP contribution in [0, 0.1) is 20.8 Å². The van der Waals surface area contributed by atoms with Gasteiger partial charge < -0.3 is 4.90 Å². The summed E-state index contributed by atoms with van der Waals surface area (Å²) in [7, 11) is 4.14. The highest BCUT2D eigenvalue weighted by atomic mass is 35.5. The number of aromatic nitrogens is 1. The lowest BCUT2D eigenvalue weighted by Crippen LogP contribution is -2.33. The summed E-state index contributed by atoms with van der Waals surface area (Å²) in [5.41, 5.74) is 4.74. The third-order valence-corrected chi connectivity index (χ3v) is 7.56. The first-order chi connectivity index (χ1) is 14.8. The number of halogens is 1. The average molecular weight is 492 g/mol. The lowest BCUT2D eigenvalue weighted by Gasteiger charge is -2.21. The first kappa shape index (κ1) is 26.7. The van der Waals surface area contributed by atoms with Crippen LogP contribution in [-0.2, 0) is 4.79 Å². The van der Waals surface area contributed by atoms with Crippen molar-refractivity contribution in [1.82, 2.24) is 9.88 Å². The molecule has 4 nitrogen and oxygen atoms in total. The summed E-state index contributed by atoms with van der Waals surface area (Å²) in [5, 5.41) is 0.832. The average Bonchev–Trinajstić information content (AvgIpc) is 3.17. The van der Waals surface area contributed by atoms with E-state index in [1.165, 1.54) is 21.6 Å². The Morgan fingerprint density at radius 3 is 2.41 bits per heavy atom. The minimum absolute atomic E-state index is 0. The Balaban J connectivity index is 0.00000363. The number of anilines is 1. The van der Waals surface area contributed by atoms with Crippen LogP contribution < -0.4 is 4.90 Å². The zero-order valence-corrected chi connectivity index (χ0v) is 22.1. The van der Waals surface area contributed by atoms with Crippen molar-refractivity contribution in [3.05, 3.63) is 53.1 Å². The van der Waals surface area contributed by atoms with Gasteiger partial charge in [0, 0.05) is 17.9 Å². The van der Waals surface area contributed by atoms with E-state index in [0.29, 0.717) is 13.0 Å². The van der Waals surface area contributed by atoms with Crippen molar-refractivity contribution in [2.24, 2.45) is 0 Å². The second-order valence-corrected chi connectivity index (χ2v) is 10.5. The van der Waals surface area contributed by atoms with Gasteiger partial charge in [0.25, 0.3) is 0 Å². The zero-order chi connectivity index (χ0) is 22.4. The molecule has 3 aromatic rings. The van der Waals surface area contributed by atoms with E-state index < -0.39 is 0 Å². The smallest absolute Gasteiger partial charge is 0.228 e. The number of carbonyl (C=O) groups is 1. The zero-order valence-electron chi connectivity index (χ0n) is 19.7. The third-order valence-electron chi connectivity index (χ3n) is 5.42. The number of hydrogen-bond acceptors (Lipinski definition) is 5. The standard InChI is InChI=1S/C25H33N3OS2.ClH/c1-18-9-12-21(13-10-18)30-17-6-8-23(29)28(16-7-15-27(4)5)25-26-24-20(3)19(2)11-14-22(24)31-25;/h9-14H,6-8,15-17H2,1-5H3;1H. The number of benzene rings is 2. The molecule has 0 atom stereocenters. The van der Waals surface area contributed by atoms with Crippen molar-refractivity contribution in [2.45, 2.75) is 44.9 Å². The Morgan fingerprint density at radius 2 is 1.72 bits per heavy atom. The van der Waals surface area contributed by atoms with Gasteiger partial charge in [-0.05, 0) is 89.3 Å². The predicted molar refractivity (Wildman–Crippen MR) is 143 cm³/mol. The van der Waals surface area contributed by atoms with Gasteiger partial charge in [0.15, 0.2) is 5.13 Å². The van der Waals surface area contributed by atoms with Gasteiger partial charge >= 0.3 is 0 Å². The highest BCUT2D eigenvalue weighted by Crippen LogP contribution is 2.32. The molecule has 0 N–H and O–H groups in total. The predicted octanol–water partition coefficient (Wildman–Crippen LogP) is 6.50. The van der Waals surface area contributed by atoms with Crippen LogP contribution in [-0.4, -0.2) is 48.7 Å². The fraction of sp³-hybridized carbons (Fsp3) is 0.440. The summed E-state index contributed by atoms with van der Waals surface area (Å²) in [4.78, 5) is 23.4. The Morgan fingerprint density at radius 1 is 1.00 bits per heavy atom. The molecule has 0 aliphatic carbocycles. The second-order valence-electron chi connectivity index (χ2n) is 8.32. The Labute approximate surface area is 206 Å².